The molecule has 1 amide bonds. The van der Waals surface area contributed by atoms with Crippen LogP contribution in [0.4, 0.5) is 0 Å². The summed E-state index contributed by atoms with van der Waals surface area (Å²) in [4.78, 5) is 11.6. The smallest absolute Gasteiger partial charge is 0.227 e. The van der Waals surface area contributed by atoms with E-state index in [2.05, 4.69) is 17.5 Å². The second-order valence-electron chi connectivity index (χ2n) is 4.19. The standard InChI is InChI=1S/C9H16N2OS/c1-9(2,6-3-4-6)11-8(12)5-7(10)13/h6H,3-5H2,1-2H3,(H2,10,13)(H,11,12). The van der Waals surface area contributed by atoms with Gasteiger partial charge in [0.2, 0.25) is 5.91 Å². The number of carbonyl (C=O) groups excluding carboxylic acids is 1. The number of thiocarbonyl (C=S) groups is 1. The van der Waals surface area contributed by atoms with E-state index in [0.29, 0.717) is 5.92 Å². The highest BCUT2D eigenvalue weighted by molar-refractivity contribution is 7.80. The molecule has 0 saturated heterocycles. The first-order valence-electron chi connectivity index (χ1n) is 4.51. The predicted molar refractivity (Wildman–Crippen MR) is 56.3 cm³/mol. The molecule has 0 bridgehead atoms. The van der Waals surface area contributed by atoms with E-state index >= 15 is 0 Å². The summed E-state index contributed by atoms with van der Waals surface area (Å²) < 4.78 is 0. The summed E-state index contributed by atoms with van der Waals surface area (Å²) in [6.07, 6.45) is 2.58. The van der Waals surface area contributed by atoms with Crippen LogP contribution < -0.4 is 11.1 Å². The Hall–Kier alpha value is -0.640. The minimum absolute atomic E-state index is 0.0654. The fourth-order valence-electron chi connectivity index (χ4n) is 1.47. The lowest BCUT2D eigenvalue weighted by molar-refractivity contribution is -0.121. The van der Waals surface area contributed by atoms with Gasteiger partial charge in [-0.05, 0) is 32.6 Å². The first kappa shape index (κ1) is 10.4. The molecule has 0 spiro atoms. The van der Waals surface area contributed by atoms with Crippen molar-refractivity contribution in [1.82, 2.24) is 5.32 Å². The maximum Gasteiger partial charge on any atom is 0.227 e. The van der Waals surface area contributed by atoms with E-state index in [4.69, 9.17) is 5.73 Å². The van der Waals surface area contributed by atoms with Gasteiger partial charge in [0.05, 0.1) is 11.4 Å². The molecule has 1 fully saturated rings. The summed E-state index contributed by atoms with van der Waals surface area (Å²) in [7, 11) is 0. The molecule has 3 N–H and O–H groups in total. The van der Waals surface area contributed by atoms with Crippen molar-refractivity contribution in [1.29, 1.82) is 0 Å². The van der Waals surface area contributed by atoms with Crippen LogP contribution in [-0.2, 0) is 4.79 Å². The molecule has 1 aliphatic carbocycles. The van der Waals surface area contributed by atoms with Crippen LogP contribution in [0, 0.1) is 5.92 Å². The van der Waals surface area contributed by atoms with Crippen LogP contribution >= 0.6 is 12.2 Å². The number of nitrogens with one attached hydrogen (secondary N) is 1. The quantitative estimate of drug-likeness (QED) is 0.665. The number of hydrogen-bond acceptors (Lipinski definition) is 2. The second kappa shape index (κ2) is 3.62. The molecule has 0 unspecified atom stereocenters. The molecular weight excluding hydrogens is 184 g/mol. The van der Waals surface area contributed by atoms with Crippen LogP contribution in [0.5, 0.6) is 0 Å². The molecule has 1 aliphatic rings. The summed E-state index contributed by atoms with van der Waals surface area (Å²) in [5, 5.41) is 2.94. The molecule has 0 aromatic carbocycles. The molecule has 3 nitrogen and oxygen atoms in total. The van der Waals surface area contributed by atoms with Crippen molar-refractivity contribution in [2.75, 3.05) is 0 Å². The Morgan fingerprint density at radius 1 is 1.62 bits per heavy atom. The van der Waals surface area contributed by atoms with E-state index in [9.17, 15) is 4.79 Å². The average molecular weight is 200 g/mol. The molecular formula is C9H16N2OS. The van der Waals surface area contributed by atoms with Gasteiger partial charge in [0.15, 0.2) is 0 Å². The normalized spacial score (nSPS) is 16.8. The van der Waals surface area contributed by atoms with Crippen molar-refractivity contribution in [2.24, 2.45) is 11.7 Å². The van der Waals surface area contributed by atoms with Gasteiger partial charge in [0.1, 0.15) is 0 Å². The Morgan fingerprint density at radius 3 is 2.54 bits per heavy atom. The number of hydrogen-bond donors (Lipinski definition) is 2. The first-order valence-corrected chi connectivity index (χ1v) is 4.92. The van der Waals surface area contributed by atoms with Crippen molar-refractivity contribution in [3.05, 3.63) is 0 Å². The lowest BCUT2D eigenvalue weighted by Gasteiger charge is -2.25. The SMILES string of the molecule is CC(C)(NC(=O)CC(N)=S)C1CC1. The first-order chi connectivity index (χ1) is 5.92. The van der Waals surface area contributed by atoms with Crippen molar-refractivity contribution in [3.8, 4) is 0 Å². The monoisotopic (exact) mass is 200 g/mol. The molecule has 1 saturated carbocycles. The highest BCUT2D eigenvalue weighted by Gasteiger charge is 2.38. The zero-order valence-corrected chi connectivity index (χ0v) is 8.91. The molecule has 0 heterocycles. The largest absolute Gasteiger partial charge is 0.393 e. The van der Waals surface area contributed by atoms with Crippen LogP contribution in [0.1, 0.15) is 33.1 Å². The number of rotatable bonds is 4. The Morgan fingerprint density at radius 2 is 2.15 bits per heavy atom. The summed E-state index contributed by atoms with van der Waals surface area (Å²) in [6.45, 7) is 4.09. The number of nitrogens with two attached hydrogens (primary N) is 1. The predicted octanol–water partition coefficient (Wildman–Crippen LogP) is 0.967. The van der Waals surface area contributed by atoms with Crippen LogP contribution in [0.2, 0.25) is 0 Å². The fraction of sp³-hybridized carbons (Fsp3) is 0.778. The molecule has 1 rings (SSSR count). The van der Waals surface area contributed by atoms with Gasteiger partial charge in [0.25, 0.3) is 0 Å². The molecule has 0 aliphatic heterocycles. The topological polar surface area (TPSA) is 55.1 Å². The van der Waals surface area contributed by atoms with E-state index in [1.165, 1.54) is 12.8 Å². The van der Waals surface area contributed by atoms with Crippen LogP contribution in [-0.4, -0.2) is 16.4 Å². The van der Waals surface area contributed by atoms with Gasteiger partial charge in [-0.2, -0.15) is 0 Å². The third kappa shape index (κ3) is 3.30. The molecule has 13 heavy (non-hydrogen) atoms. The molecule has 0 radical (unpaired) electrons. The van der Waals surface area contributed by atoms with E-state index < -0.39 is 0 Å². The Labute approximate surface area is 84.1 Å². The lowest BCUT2D eigenvalue weighted by atomic mass is 9.98. The highest BCUT2D eigenvalue weighted by Crippen LogP contribution is 2.39. The summed E-state index contributed by atoms with van der Waals surface area (Å²) in [5.74, 6) is 0.562. The molecule has 0 aromatic heterocycles. The minimum atomic E-state index is -0.0954. The van der Waals surface area contributed by atoms with E-state index in [0.717, 1.165) is 0 Å². The second-order valence-corrected chi connectivity index (χ2v) is 4.71. The summed E-state index contributed by atoms with van der Waals surface area (Å²) in [6, 6.07) is 0. The van der Waals surface area contributed by atoms with Crippen molar-refractivity contribution >= 4 is 23.1 Å². The van der Waals surface area contributed by atoms with Gasteiger partial charge in [-0.25, -0.2) is 0 Å². The summed E-state index contributed by atoms with van der Waals surface area (Å²) in [5.41, 5.74) is 5.18. The van der Waals surface area contributed by atoms with Crippen molar-refractivity contribution in [3.63, 3.8) is 0 Å². The van der Waals surface area contributed by atoms with Gasteiger partial charge in [-0.1, -0.05) is 12.2 Å². The molecule has 74 valence electrons. The molecule has 0 atom stereocenters. The van der Waals surface area contributed by atoms with E-state index in [-0.39, 0.29) is 22.9 Å². The third-order valence-electron chi connectivity index (χ3n) is 2.39. The van der Waals surface area contributed by atoms with Gasteiger partial charge >= 0.3 is 0 Å². The minimum Gasteiger partial charge on any atom is -0.393 e. The summed E-state index contributed by atoms with van der Waals surface area (Å²) >= 11 is 4.66. The van der Waals surface area contributed by atoms with Gasteiger partial charge in [-0.15, -0.1) is 0 Å². The zero-order valence-electron chi connectivity index (χ0n) is 8.09. The van der Waals surface area contributed by atoms with Crippen LogP contribution in [0.3, 0.4) is 0 Å². The fourth-order valence-corrected chi connectivity index (χ4v) is 1.60. The number of carbonyl (C=O) groups is 1. The third-order valence-corrected chi connectivity index (χ3v) is 2.54. The Kier molecular flexibility index (Phi) is 2.91. The Bertz CT molecular complexity index is 234. The van der Waals surface area contributed by atoms with E-state index in [1.54, 1.807) is 0 Å². The maximum atomic E-state index is 11.3. The van der Waals surface area contributed by atoms with Crippen molar-refractivity contribution in [2.45, 2.75) is 38.6 Å². The molecule has 4 heteroatoms. The highest BCUT2D eigenvalue weighted by atomic mass is 32.1. The average Bonchev–Trinajstić information content (AvgIpc) is 2.60. The van der Waals surface area contributed by atoms with E-state index in [1.807, 2.05) is 13.8 Å². The lowest BCUT2D eigenvalue weighted by Crippen LogP contribution is -2.46. The molecule has 0 aromatic rings. The van der Waals surface area contributed by atoms with Crippen LogP contribution in [0.15, 0.2) is 0 Å². The van der Waals surface area contributed by atoms with Gasteiger partial charge in [-0.3, -0.25) is 4.79 Å². The zero-order chi connectivity index (χ0) is 10.1. The van der Waals surface area contributed by atoms with Gasteiger partial charge in [0, 0.05) is 5.54 Å². The van der Waals surface area contributed by atoms with Gasteiger partial charge < -0.3 is 11.1 Å². The van der Waals surface area contributed by atoms with Crippen LogP contribution in [0.25, 0.3) is 0 Å². The number of amides is 1. The maximum absolute atomic E-state index is 11.3. The van der Waals surface area contributed by atoms with Crippen molar-refractivity contribution < 1.29 is 4.79 Å². The Balaban J connectivity index is 2.38.